The van der Waals surface area contributed by atoms with Gasteiger partial charge in [-0.3, -0.25) is 28.8 Å². The number of ketones is 1. The molecule has 1 atom stereocenters. The molecule has 0 aliphatic carbocycles. The summed E-state index contributed by atoms with van der Waals surface area (Å²) in [4.78, 5) is 57.2. The van der Waals surface area contributed by atoms with E-state index in [1.54, 1.807) is 4.57 Å². The van der Waals surface area contributed by atoms with Gasteiger partial charge < -0.3 is 15.2 Å². The molecule has 0 amide bonds. The number of benzene rings is 1. The number of hydrogen-bond donors (Lipinski definition) is 1. The van der Waals surface area contributed by atoms with E-state index >= 15 is 0 Å². The second kappa shape index (κ2) is 9.90. The number of allylic oxidation sites excluding steroid dienone is 2. The minimum Gasteiger partial charge on any atom is -0.341 e. The summed E-state index contributed by atoms with van der Waals surface area (Å²) >= 11 is 0. The molecule has 12 heteroatoms. The van der Waals surface area contributed by atoms with Gasteiger partial charge in [0.05, 0.1) is 17.0 Å². The predicted octanol–water partition coefficient (Wildman–Crippen LogP) is 1.58. The van der Waals surface area contributed by atoms with Crippen molar-refractivity contribution in [2.75, 3.05) is 18.0 Å². The molecule has 2 aromatic heterocycles. The Balaban J connectivity index is 1.89. The smallest absolute Gasteiger partial charge is 0.332 e. The molecule has 4 rings (SSSR count). The maximum atomic E-state index is 13.7. The molecule has 1 aliphatic rings. The number of nitro benzene ring substituents is 1. The van der Waals surface area contributed by atoms with Gasteiger partial charge in [0.2, 0.25) is 5.95 Å². The lowest BCUT2D eigenvalue weighted by Gasteiger charge is -2.31. The number of para-hydroxylation sites is 1. The highest BCUT2D eigenvalue weighted by atomic mass is 16.6. The Morgan fingerprint density at radius 1 is 1.25 bits per heavy atom. The van der Waals surface area contributed by atoms with Gasteiger partial charge in [-0.1, -0.05) is 23.8 Å². The van der Waals surface area contributed by atoms with Crippen molar-refractivity contribution in [1.29, 1.82) is 0 Å². The molecule has 1 aliphatic heterocycles. The molecule has 1 aromatic carbocycles. The van der Waals surface area contributed by atoms with Crippen LogP contribution in [0.3, 0.4) is 0 Å². The Kier molecular flexibility index (Phi) is 6.88. The van der Waals surface area contributed by atoms with E-state index in [1.165, 1.54) is 35.9 Å². The van der Waals surface area contributed by atoms with E-state index in [9.17, 15) is 24.5 Å². The number of hydrogen-bond acceptors (Lipinski definition) is 8. The second-order valence-electron chi connectivity index (χ2n) is 9.25. The molecule has 2 N–H and O–H groups in total. The number of anilines is 1. The summed E-state index contributed by atoms with van der Waals surface area (Å²) in [7, 11) is 1.49. The van der Waals surface area contributed by atoms with Gasteiger partial charge in [-0.05, 0) is 32.8 Å². The number of nitrogens with two attached hydrogens (primary N) is 1. The Labute approximate surface area is 206 Å². The van der Waals surface area contributed by atoms with Crippen molar-refractivity contribution in [3.8, 4) is 0 Å². The Bertz CT molecular complexity index is 1490. The van der Waals surface area contributed by atoms with Gasteiger partial charge in [-0.25, -0.2) is 4.79 Å². The first kappa shape index (κ1) is 25.0. The summed E-state index contributed by atoms with van der Waals surface area (Å²) in [6.07, 6.45) is 3.71. The lowest BCUT2D eigenvalue weighted by atomic mass is 10.1. The summed E-state index contributed by atoms with van der Waals surface area (Å²) in [6, 6.07) is 5.43. The zero-order chi connectivity index (χ0) is 26.1. The minimum atomic E-state index is -0.729. The van der Waals surface area contributed by atoms with Crippen molar-refractivity contribution in [2.45, 2.75) is 45.8 Å². The van der Waals surface area contributed by atoms with Crippen LogP contribution in [0.5, 0.6) is 0 Å². The topological polar surface area (TPSA) is 151 Å². The SMILES string of the molecule is CC(C)=CCn1c(N2CCCC(N)C2)nc2c1c(=O)n(CC(=O)c1ccccc1[N+](=O)[O-])c(=O)n2C. The fraction of sp³-hybridized carbons (Fsp3) is 0.417. The highest BCUT2D eigenvalue weighted by Gasteiger charge is 2.27. The Hall–Kier alpha value is -4.06. The molecule has 3 heterocycles. The number of nitrogens with zero attached hydrogens (tertiary/aromatic N) is 6. The molecule has 1 fully saturated rings. The van der Waals surface area contributed by atoms with E-state index in [0.717, 1.165) is 23.0 Å². The number of carbonyl (C=O) groups is 1. The number of aromatic nitrogens is 4. The van der Waals surface area contributed by atoms with Crippen molar-refractivity contribution in [2.24, 2.45) is 12.8 Å². The lowest BCUT2D eigenvalue weighted by molar-refractivity contribution is -0.385. The van der Waals surface area contributed by atoms with E-state index in [0.29, 0.717) is 25.6 Å². The summed E-state index contributed by atoms with van der Waals surface area (Å²) in [5.41, 5.74) is 5.64. The van der Waals surface area contributed by atoms with Crippen molar-refractivity contribution in [3.05, 3.63) is 72.4 Å². The van der Waals surface area contributed by atoms with Crippen molar-refractivity contribution >= 4 is 28.6 Å². The molecule has 36 heavy (non-hydrogen) atoms. The number of imidazole rings is 1. The van der Waals surface area contributed by atoms with Gasteiger partial charge in [-0.2, -0.15) is 4.98 Å². The van der Waals surface area contributed by atoms with Gasteiger partial charge in [0.15, 0.2) is 16.9 Å². The van der Waals surface area contributed by atoms with Gasteiger partial charge >= 0.3 is 5.69 Å². The summed E-state index contributed by atoms with van der Waals surface area (Å²) in [6.45, 7) is 4.86. The van der Waals surface area contributed by atoms with Crippen molar-refractivity contribution < 1.29 is 9.72 Å². The van der Waals surface area contributed by atoms with E-state index < -0.39 is 28.5 Å². The number of piperidine rings is 1. The number of fused-ring (bicyclic) bond motifs is 1. The minimum absolute atomic E-state index is 0.0322. The molecule has 190 valence electrons. The molecule has 0 spiro atoms. The molecule has 3 aromatic rings. The highest BCUT2D eigenvalue weighted by molar-refractivity contribution is 5.99. The van der Waals surface area contributed by atoms with E-state index in [2.05, 4.69) is 4.98 Å². The second-order valence-corrected chi connectivity index (χ2v) is 9.25. The zero-order valence-corrected chi connectivity index (χ0v) is 20.5. The third-order valence-electron chi connectivity index (χ3n) is 6.34. The van der Waals surface area contributed by atoms with Crippen LogP contribution in [-0.4, -0.2) is 48.5 Å². The van der Waals surface area contributed by atoms with Crippen LogP contribution >= 0.6 is 0 Å². The third kappa shape index (κ3) is 4.59. The van der Waals surface area contributed by atoms with Gasteiger partial charge in [-0.15, -0.1) is 0 Å². The van der Waals surface area contributed by atoms with Crippen LogP contribution in [0, 0.1) is 10.1 Å². The maximum absolute atomic E-state index is 13.7. The van der Waals surface area contributed by atoms with Crippen molar-refractivity contribution in [1.82, 2.24) is 18.7 Å². The molecule has 0 saturated carbocycles. The number of Topliss-reactive ketones (excluding diaryl/α,β-unsaturated/α-hetero) is 1. The molecule has 0 bridgehead atoms. The quantitative estimate of drug-likeness (QED) is 0.224. The summed E-state index contributed by atoms with van der Waals surface area (Å²) in [5.74, 6) is -0.175. The molecule has 12 nitrogen and oxygen atoms in total. The standard InChI is InChI=1S/C24H29N7O5/c1-15(2)10-12-29-20-21(26-23(29)28-11-6-7-16(25)13-28)27(3)24(34)30(22(20)33)14-19(32)17-8-4-5-9-18(17)31(35)36/h4-5,8-10,16H,6-7,11-14,25H2,1-3H3. The molecule has 1 unspecified atom stereocenters. The first-order valence-corrected chi connectivity index (χ1v) is 11.7. The normalized spacial score (nSPS) is 15.8. The van der Waals surface area contributed by atoms with Gasteiger partial charge in [0, 0.05) is 38.8 Å². The van der Waals surface area contributed by atoms with Crippen LogP contribution < -0.4 is 21.9 Å². The molecule has 0 radical (unpaired) electrons. The largest absolute Gasteiger partial charge is 0.341 e. The van der Waals surface area contributed by atoms with Gasteiger partial charge in [0.1, 0.15) is 0 Å². The van der Waals surface area contributed by atoms with Gasteiger partial charge in [0.25, 0.3) is 11.2 Å². The fourth-order valence-electron chi connectivity index (χ4n) is 4.48. The number of nitro groups is 1. The van der Waals surface area contributed by atoms with Crippen molar-refractivity contribution in [3.63, 3.8) is 0 Å². The first-order valence-electron chi connectivity index (χ1n) is 11.7. The molecule has 1 saturated heterocycles. The third-order valence-corrected chi connectivity index (χ3v) is 6.34. The summed E-state index contributed by atoms with van der Waals surface area (Å²) in [5, 5.41) is 11.4. The zero-order valence-electron chi connectivity index (χ0n) is 20.5. The van der Waals surface area contributed by atoms with E-state index in [4.69, 9.17) is 5.73 Å². The monoisotopic (exact) mass is 495 g/mol. The predicted molar refractivity (Wildman–Crippen MR) is 136 cm³/mol. The van der Waals surface area contributed by atoms with Crippen LogP contribution in [0.15, 0.2) is 45.5 Å². The van der Waals surface area contributed by atoms with E-state index in [1.807, 2.05) is 24.8 Å². The number of carbonyl (C=O) groups excluding carboxylic acids is 1. The Morgan fingerprint density at radius 2 is 1.97 bits per heavy atom. The summed E-state index contributed by atoms with van der Waals surface area (Å²) < 4.78 is 3.79. The number of aryl methyl sites for hydroxylation is 1. The Morgan fingerprint density at radius 3 is 2.64 bits per heavy atom. The van der Waals surface area contributed by atoms with E-state index in [-0.39, 0.29) is 28.5 Å². The molecular formula is C24H29N7O5. The number of rotatable bonds is 7. The molecular weight excluding hydrogens is 466 g/mol. The van der Waals surface area contributed by atoms with Crippen LogP contribution in [0.2, 0.25) is 0 Å². The van der Waals surface area contributed by atoms with Crippen LogP contribution in [0.1, 0.15) is 37.0 Å². The van der Waals surface area contributed by atoms with Crippen LogP contribution in [0.4, 0.5) is 11.6 Å². The van der Waals surface area contributed by atoms with Crippen LogP contribution in [-0.2, 0) is 20.1 Å². The van der Waals surface area contributed by atoms with Crippen LogP contribution in [0.25, 0.3) is 11.2 Å². The fourth-order valence-corrected chi connectivity index (χ4v) is 4.48. The lowest BCUT2D eigenvalue weighted by Crippen LogP contribution is -2.44. The average Bonchev–Trinajstić information content (AvgIpc) is 3.23. The highest BCUT2D eigenvalue weighted by Crippen LogP contribution is 2.24. The first-order chi connectivity index (χ1) is 17.1. The maximum Gasteiger partial charge on any atom is 0.332 e. The average molecular weight is 496 g/mol.